The summed E-state index contributed by atoms with van der Waals surface area (Å²) < 4.78 is 5.24. The van der Waals surface area contributed by atoms with Crippen molar-refractivity contribution in [2.45, 2.75) is 32.6 Å². The van der Waals surface area contributed by atoms with Crippen LogP contribution in [-0.4, -0.2) is 20.2 Å². The average Bonchev–Trinajstić information content (AvgIpc) is 3.45. The van der Waals surface area contributed by atoms with Crippen molar-refractivity contribution in [3.8, 4) is 11.1 Å². The van der Waals surface area contributed by atoms with Crippen LogP contribution in [0.4, 0.5) is 5.69 Å². The summed E-state index contributed by atoms with van der Waals surface area (Å²) in [5.41, 5.74) is 7.77. The summed E-state index contributed by atoms with van der Waals surface area (Å²) in [6.45, 7) is 10.7. The molecule has 4 aromatic rings. The summed E-state index contributed by atoms with van der Waals surface area (Å²) in [5.74, 6) is 0. The fourth-order valence-corrected chi connectivity index (χ4v) is 4.42. The third-order valence-electron chi connectivity index (χ3n) is 6.30. The van der Waals surface area contributed by atoms with Gasteiger partial charge in [0.15, 0.2) is 0 Å². The number of nitrogens with zero attached hydrogens (tertiary/aromatic N) is 3. The number of pyridine rings is 2. The molecular formula is C26H25N5O. The van der Waals surface area contributed by atoms with Crippen LogP contribution in [0, 0.1) is 13.8 Å². The number of aromatic nitrogens is 4. The van der Waals surface area contributed by atoms with Crippen molar-refractivity contribution in [3.63, 3.8) is 0 Å². The summed E-state index contributed by atoms with van der Waals surface area (Å²) in [5, 5.41) is 13.2. The maximum Gasteiger partial charge on any atom is 0.115 e. The minimum absolute atomic E-state index is 0.164. The van der Waals surface area contributed by atoms with E-state index in [0.29, 0.717) is 5.70 Å². The Balaban J connectivity index is 1.52. The van der Waals surface area contributed by atoms with Crippen LogP contribution in [-0.2, 0) is 5.41 Å². The first-order chi connectivity index (χ1) is 15.5. The van der Waals surface area contributed by atoms with Crippen molar-refractivity contribution >= 4 is 23.5 Å². The second kappa shape index (κ2) is 7.64. The maximum absolute atomic E-state index is 5.24. The Hall–Kier alpha value is -3.93. The van der Waals surface area contributed by atoms with Crippen LogP contribution in [0.25, 0.3) is 29.0 Å². The zero-order valence-corrected chi connectivity index (χ0v) is 18.4. The molecule has 4 heterocycles. The summed E-state index contributed by atoms with van der Waals surface area (Å²) in [6, 6.07) is 3.99. The van der Waals surface area contributed by atoms with Crippen molar-refractivity contribution in [2.75, 3.05) is 5.32 Å². The third kappa shape index (κ3) is 3.34. The van der Waals surface area contributed by atoms with E-state index in [1.807, 2.05) is 30.9 Å². The Morgan fingerprint density at radius 3 is 2.84 bits per heavy atom. The molecule has 1 aliphatic carbocycles. The van der Waals surface area contributed by atoms with Gasteiger partial charge in [0.1, 0.15) is 5.69 Å². The van der Waals surface area contributed by atoms with Crippen LogP contribution in [0.2, 0.25) is 0 Å². The molecule has 0 saturated carbocycles. The Bertz CT molecular complexity index is 1430. The molecular weight excluding hydrogens is 398 g/mol. The van der Waals surface area contributed by atoms with E-state index < -0.39 is 0 Å². The number of hydrogen-bond donors (Lipinski definition) is 2. The van der Waals surface area contributed by atoms with Gasteiger partial charge in [0, 0.05) is 40.4 Å². The highest BCUT2D eigenvalue weighted by molar-refractivity contribution is 5.80. The van der Waals surface area contributed by atoms with E-state index >= 15 is 0 Å². The van der Waals surface area contributed by atoms with Crippen molar-refractivity contribution in [1.29, 1.82) is 0 Å². The highest BCUT2D eigenvalue weighted by Gasteiger charge is 2.28. The number of furan rings is 1. The monoisotopic (exact) mass is 423 g/mol. The largest absolute Gasteiger partial charge is 0.472 e. The zero-order valence-electron chi connectivity index (χ0n) is 18.4. The molecule has 32 heavy (non-hydrogen) atoms. The van der Waals surface area contributed by atoms with Gasteiger partial charge >= 0.3 is 0 Å². The average molecular weight is 424 g/mol. The van der Waals surface area contributed by atoms with E-state index in [2.05, 4.69) is 71.1 Å². The van der Waals surface area contributed by atoms with Gasteiger partial charge in [-0.3, -0.25) is 15.1 Å². The number of rotatable bonds is 5. The van der Waals surface area contributed by atoms with Crippen LogP contribution in [0.15, 0.2) is 60.4 Å². The van der Waals surface area contributed by atoms with Gasteiger partial charge in [-0.05, 0) is 49.1 Å². The number of hydrogen-bond acceptors (Lipinski definition) is 5. The van der Waals surface area contributed by atoms with Gasteiger partial charge in [-0.15, -0.1) is 0 Å². The molecule has 0 aromatic carbocycles. The van der Waals surface area contributed by atoms with E-state index in [4.69, 9.17) is 4.42 Å². The maximum atomic E-state index is 5.24. The summed E-state index contributed by atoms with van der Waals surface area (Å²) >= 11 is 0. The second-order valence-corrected chi connectivity index (χ2v) is 8.54. The SMILES string of the molecule is C=C(Nc1cncc(-c2ccoc2)c1C)c1n[nH]c2c1=CC(C)(c1cnccc1C)CC=2. The van der Waals surface area contributed by atoms with Crippen LogP contribution >= 0.6 is 0 Å². The van der Waals surface area contributed by atoms with E-state index in [1.54, 1.807) is 12.5 Å². The number of nitrogens with one attached hydrogen (secondary N) is 2. The molecule has 0 bridgehead atoms. The molecule has 0 radical (unpaired) electrons. The molecule has 160 valence electrons. The van der Waals surface area contributed by atoms with Gasteiger partial charge in [-0.2, -0.15) is 5.10 Å². The zero-order chi connectivity index (χ0) is 22.3. The topological polar surface area (TPSA) is 79.6 Å². The van der Waals surface area contributed by atoms with Gasteiger partial charge in [0.2, 0.25) is 0 Å². The third-order valence-corrected chi connectivity index (χ3v) is 6.30. The Labute approximate surface area is 186 Å². The van der Waals surface area contributed by atoms with Crippen LogP contribution in [0.5, 0.6) is 0 Å². The molecule has 1 unspecified atom stereocenters. The Kier molecular flexibility index (Phi) is 4.78. The molecule has 5 rings (SSSR count). The summed E-state index contributed by atoms with van der Waals surface area (Å²) in [4.78, 5) is 8.76. The first-order valence-corrected chi connectivity index (χ1v) is 10.6. The molecule has 6 heteroatoms. The fourth-order valence-electron chi connectivity index (χ4n) is 4.42. The second-order valence-electron chi connectivity index (χ2n) is 8.54. The normalized spacial score (nSPS) is 17.2. The van der Waals surface area contributed by atoms with Gasteiger partial charge < -0.3 is 9.73 Å². The van der Waals surface area contributed by atoms with Crippen LogP contribution in [0.1, 0.15) is 35.7 Å². The fraction of sp³-hybridized carbons (Fsp3) is 0.192. The van der Waals surface area contributed by atoms with Gasteiger partial charge in [-0.25, -0.2) is 0 Å². The Morgan fingerprint density at radius 2 is 2.06 bits per heavy atom. The molecule has 4 aromatic heterocycles. The van der Waals surface area contributed by atoms with E-state index in [0.717, 1.165) is 45.1 Å². The summed E-state index contributed by atoms with van der Waals surface area (Å²) in [7, 11) is 0. The first-order valence-electron chi connectivity index (χ1n) is 10.6. The predicted octanol–water partition coefficient (Wildman–Crippen LogP) is 4.08. The molecule has 2 N–H and O–H groups in total. The lowest BCUT2D eigenvalue weighted by Gasteiger charge is -2.28. The number of aromatic amines is 1. The molecule has 0 saturated heterocycles. The molecule has 0 aliphatic heterocycles. The lowest BCUT2D eigenvalue weighted by molar-refractivity contribution is 0.568. The van der Waals surface area contributed by atoms with Crippen molar-refractivity contribution in [1.82, 2.24) is 20.2 Å². The van der Waals surface area contributed by atoms with Gasteiger partial charge in [0.05, 0.1) is 35.5 Å². The number of anilines is 1. The summed E-state index contributed by atoms with van der Waals surface area (Å²) in [6.07, 6.45) is 16.2. The van der Waals surface area contributed by atoms with E-state index in [1.165, 1.54) is 11.1 Å². The predicted molar refractivity (Wildman–Crippen MR) is 127 cm³/mol. The standard InChI is InChI=1S/C26H25N5O/c1-16-6-9-27-13-22(16)26(4)8-5-23-20(11-26)25(31-30-23)18(3)29-24-14-28-12-21(17(24)2)19-7-10-32-15-19/h5-7,9-15,29-30H,3,8H2,1-2,4H3. The lowest BCUT2D eigenvalue weighted by atomic mass is 9.76. The van der Waals surface area contributed by atoms with Crippen molar-refractivity contribution in [2.24, 2.45) is 0 Å². The smallest absolute Gasteiger partial charge is 0.115 e. The first kappa shape index (κ1) is 20.0. The molecule has 6 nitrogen and oxygen atoms in total. The highest BCUT2D eigenvalue weighted by Crippen LogP contribution is 2.33. The van der Waals surface area contributed by atoms with E-state index in [-0.39, 0.29) is 5.41 Å². The Morgan fingerprint density at radius 1 is 1.19 bits per heavy atom. The van der Waals surface area contributed by atoms with Crippen molar-refractivity contribution in [3.05, 3.63) is 89.0 Å². The quantitative estimate of drug-likeness (QED) is 0.506. The molecule has 1 aliphatic rings. The number of H-pyrrole nitrogens is 1. The van der Waals surface area contributed by atoms with E-state index in [9.17, 15) is 0 Å². The molecule has 0 fully saturated rings. The molecule has 0 amide bonds. The number of fused-ring (bicyclic) bond motifs is 1. The minimum Gasteiger partial charge on any atom is -0.472 e. The molecule has 0 spiro atoms. The highest BCUT2D eigenvalue weighted by atomic mass is 16.3. The lowest BCUT2D eigenvalue weighted by Crippen LogP contribution is -2.36. The molecule has 1 atom stereocenters. The van der Waals surface area contributed by atoms with Crippen LogP contribution in [0.3, 0.4) is 0 Å². The van der Waals surface area contributed by atoms with Crippen LogP contribution < -0.4 is 15.9 Å². The van der Waals surface area contributed by atoms with Gasteiger partial charge in [-0.1, -0.05) is 25.7 Å². The van der Waals surface area contributed by atoms with Gasteiger partial charge in [0.25, 0.3) is 0 Å². The van der Waals surface area contributed by atoms with Crippen molar-refractivity contribution < 1.29 is 4.42 Å². The number of aryl methyl sites for hydroxylation is 1. The minimum atomic E-state index is -0.164.